The lowest BCUT2D eigenvalue weighted by Crippen LogP contribution is -2.24. The van der Waals surface area contributed by atoms with Crippen molar-refractivity contribution in [2.45, 2.75) is 18.4 Å². The lowest BCUT2D eigenvalue weighted by atomic mass is 10.2. The zero-order valence-electron chi connectivity index (χ0n) is 15.4. The molecule has 0 atom stereocenters. The fourth-order valence-electron chi connectivity index (χ4n) is 2.57. The van der Waals surface area contributed by atoms with Gasteiger partial charge in [0.2, 0.25) is 10.0 Å². The maximum Gasteiger partial charge on any atom is 0.258 e. The van der Waals surface area contributed by atoms with Crippen LogP contribution in [0.4, 0.5) is 10.1 Å². The quantitative estimate of drug-likeness (QED) is 0.544. The van der Waals surface area contributed by atoms with Crippen LogP contribution < -0.4 is 10.0 Å². The van der Waals surface area contributed by atoms with Crippen LogP contribution in [0.5, 0.6) is 0 Å². The zero-order chi connectivity index (χ0) is 21.0. The minimum absolute atomic E-state index is 0.0818. The maximum atomic E-state index is 14.2. The molecule has 2 N–H and O–H groups in total. The van der Waals surface area contributed by atoms with Crippen molar-refractivity contribution >= 4 is 37.5 Å². The molecule has 3 aromatic carbocycles. The topological polar surface area (TPSA) is 75.3 Å². The third-order valence-corrected chi connectivity index (χ3v) is 6.29. The van der Waals surface area contributed by atoms with E-state index in [2.05, 4.69) is 26.0 Å². The Morgan fingerprint density at radius 3 is 2.41 bits per heavy atom. The highest BCUT2D eigenvalue weighted by Gasteiger charge is 2.20. The number of hydrogen-bond donors (Lipinski definition) is 2. The standard InChI is InChI=1S/C21H18BrFN2O3S/c1-14-6-8-15(9-7-14)13-24-29(27,28)16-10-11-19(23)17(12-16)21(26)25-20-5-3-2-4-18(20)22/h2-12,24H,13H2,1H3,(H,25,26). The summed E-state index contributed by atoms with van der Waals surface area (Å²) in [5.41, 5.74) is 1.94. The number of halogens is 2. The summed E-state index contributed by atoms with van der Waals surface area (Å²) in [4.78, 5) is 12.3. The molecule has 0 aromatic heterocycles. The molecule has 0 aliphatic heterocycles. The molecule has 0 fully saturated rings. The van der Waals surface area contributed by atoms with Crippen LogP contribution in [0.25, 0.3) is 0 Å². The minimum atomic E-state index is -3.93. The van der Waals surface area contributed by atoms with Crippen molar-refractivity contribution in [1.82, 2.24) is 4.72 Å². The molecule has 0 aliphatic carbocycles. The Bertz CT molecular complexity index is 1150. The molecule has 0 saturated carbocycles. The number of sulfonamides is 1. The normalized spacial score (nSPS) is 11.3. The Morgan fingerprint density at radius 1 is 1.03 bits per heavy atom. The van der Waals surface area contributed by atoms with E-state index in [9.17, 15) is 17.6 Å². The summed E-state index contributed by atoms with van der Waals surface area (Å²) in [7, 11) is -3.93. The van der Waals surface area contributed by atoms with Gasteiger partial charge in [-0.05, 0) is 58.7 Å². The Hall–Kier alpha value is -2.55. The molecule has 0 radical (unpaired) electrons. The lowest BCUT2D eigenvalue weighted by Gasteiger charge is -2.11. The highest BCUT2D eigenvalue weighted by molar-refractivity contribution is 9.10. The van der Waals surface area contributed by atoms with Crippen LogP contribution >= 0.6 is 15.9 Å². The number of amides is 1. The van der Waals surface area contributed by atoms with Crippen LogP contribution in [0.2, 0.25) is 0 Å². The SMILES string of the molecule is Cc1ccc(CNS(=O)(=O)c2ccc(F)c(C(=O)Nc3ccccc3Br)c2)cc1. The molecule has 0 saturated heterocycles. The highest BCUT2D eigenvalue weighted by Crippen LogP contribution is 2.23. The van der Waals surface area contributed by atoms with E-state index >= 15 is 0 Å². The number of aryl methyl sites for hydroxylation is 1. The molecule has 5 nitrogen and oxygen atoms in total. The first-order chi connectivity index (χ1) is 13.8. The lowest BCUT2D eigenvalue weighted by molar-refractivity contribution is 0.102. The summed E-state index contributed by atoms with van der Waals surface area (Å²) in [6, 6.07) is 17.4. The van der Waals surface area contributed by atoms with Gasteiger partial charge in [0.15, 0.2) is 0 Å². The largest absolute Gasteiger partial charge is 0.321 e. The minimum Gasteiger partial charge on any atom is -0.321 e. The third-order valence-electron chi connectivity index (χ3n) is 4.20. The van der Waals surface area contributed by atoms with Crippen LogP contribution in [0.15, 0.2) is 76.1 Å². The Labute approximate surface area is 177 Å². The first-order valence-corrected chi connectivity index (χ1v) is 10.9. The van der Waals surface area contributed by atoms with Gasteiger partial charge in [0, 0.05) is 11.0 Å². The average molecular weight is 477 g/mol. The van der Waals surface area contributed by atoms with Gasteiger partial charge in [-0.15, -0.1) is 0 Å². The van der Waals surface area contributed by atoms with Crippen LogP contribution in [0.3, 0.4) is 0 Å². The third kappa shape index (κ3) is 5.29. The van der Waals surface area contributed by atoms with Crippen molar-refractivity contribution in [3.8, 4) is 0 Å². The number of carbonyl (C=O) groups excluding carboxylic acids is 1. The van der Waals surface area contributed by atoms with Gasteiger partial charge in [-0.3, -0.25) is 4.79 Å². The molecular formula is C21H18BrFN2O3S. The molecule has 0 unspecified atom stereocenters. The van der Waals surface area contributed by atoms with E-state index in [0.717, 1.165) is 29.3 Å². The van der Waals surface area contributed by atoms with E-state index in [1.165, 1.54) is 0 Å². The van der Waals surface area contributed by atoms with Gasteiger partial charge in [-0.2, -0.15) is 0 Å². The van der Waals surface area contributed by atoms with Gasteiger partial charge in [-0.1, -0.05) is 42.0 Å². The van der Waals surface area contributed by atoms with Gasteiger partial charge in [0.05, 0.1) is 16.1 Å². The Kier molecular flexibility index (Phi) is 6.46. The van der Waals surface area contributed by atoms with Crippen LogP contribution in [-0.2, 0) is 16.6 Å². The summed E-state index contributed by atoms with van der Waals surface area (Å²) in [6.45, 7) is 2.02. The van der Waals surface area contributed by atoms with Crippen molar-refractivity contribution in [2.75, 3.05) is 5.32 Å². The maximum absolute atomic E-state index is 14.2. The average Bonchev–Trinajstić information content (AvgIpc) is 2.69. The second kappa shape index (κ2) is 8.86. The smallest absolute Gasteiger partial charge is 0.258 e. The monoisotopic (exact) mass is 476 g/mol. The predicted molar refractivity (Wildman–Crippen MR) is 114 cm³/mol. The van der Waals surface area contributed by atoms with Gasteiger partial charge in [0.25, 0.3) is 5.91 Å². The fraction of sp³-hybridized carbons (Fsp3) is 0.0952. The molecule has 0 bridgehead atoms. The molecule has 29 heavy (non-hydrogen) atoms. The van der Waals surface area contributed by atoms with Crippen LogP contribution in [0.1, 0.15) is 21.5 Å². The molecule has 150 valence electrons. The van der Waals surface area contributed by atoms with Crippen molar-refractivity contribution in [1.29, 1.82) is 0 Å². The second-order valence-corrected chi connectivity index (χ2v) is 9.01. The first-order valence-electron chi connectivity index (χ1n) is 8.67. The summed E-state index contributed by atoms with van der Waals surface area (Å²) < 4.78 is 42.5. The number of nitrogens with one attached hydrogen (secondary N) is 2. The fourth-order valence-corrected chi connectivity index (χ4v) is 3.99. The number of rotatable bonds is 6. The van der Waals surface area contributed by atoms with E-state index in [0.29, 0.717) is 10.2 Å². The Morgan fingerprint density at radius 2 is 1.72 bits per heavy atom. The van der Waals surface area contributed by atoms with Gasteiger partial charge in [-0.25, -0.2) is 17.5 Å². The number of hydrogen-bond acceptors (Lipinski definition) is 3. The number of para-hydroxylation sites is 1. The Balaban J connectivity index is 1.80. The summed E-state index contributed by atoms with van der Waals surface area (Å²) in [5, 5.41) is 2.57. The molecule has 3 aromatic rings. The summed E-state index contributed by atoms with van der Waals surface area (Å²) >= 11 is 3.29. The second-order valence-electron chi connectivity index (χ2n) is 6.39. The molecule has 3 rings (SSSR count). The number of carbonyl (C=O) groups is 1. The van der Waals surface area contributed by atoms with Gasteiger partial charge in [0.1, 0.15) is 5.82 Å². The van der Waals surface area contributed by atoms with Crippen molar-refractivity contribution in [2.24, 2.45) is 0 Å². The van der Waals surface area contributed by atoms with Crippen LogP contribution in [-0.4, -0.2) is 14.3 Å². The van der Waals surface area contributed by atoms with E-state index in [4.69, 9.17) is 0 Å². The predicted octanol–water partition coefficient (Wildman–Crippen LogP) is 4.63. The van der Waals surface area contributed by atoms with E-state index in [-0.39, 0.29) is 17.0 Å². The van der Waals surface area contributed by atoms with Crippen molar-refractivity contribution < 1.29 is 17.6 Å². The highest BCUT2D eigenvalue weighted by atomic mass is 79.9. The molecule has 0 aliphatic rings. The van der Waals surface area contributed by atoms with Crippen molar-refractivity contribution in [3.63, 3.8) is 0 Å². The number of benzene rings is 3. The van der Waals surface area contributed by atoms with Crippen molar-refractivity contribution in [3.05, 3.63) is 93.7 Å². The zero-order valence-corrected chi connectivity index (χ0v) is 17.8. The van der Waals surface area contributed by atoms with E-state index in [1.54, 1.807) is 24.3 Å². The summed E-state index contributed by atoms with van der Waals surface area (Å²) in [5.74, 6) is -1.56. The molecule has 8 heteroatoms. The number of anilines is 1. The first kappa shape index (κ1) is 21.2. The molecule has 1 amide bonds. The summed E-state index contributed by atoms with van der Waals surface area (Å²) in [6.07, 6.45) is 0. The van der Waals surface area contributed by atoms with E-state index in [1.807, 2.05) is 31.2 Å². The molecule has 0 heterocycles. The molecular weight excluding hydrogens is 459 g/mol. The van der Waals surface area contributed by atoms with E-state index < -0.39 is 21.7 Å². The van der Waals surface area contributed by atoms with Gasteiger partial charge < -0.3 is 5.32 Å². The van der Waals surface area contributed by atoms with Crippen LogP contribution in [0, 0.1) is 12.7 Å². The molecule has 0 spiro atoms. The van der Waals surface area contributed by atoms with Gasteiger partial charge >= 0.3 is 0 Å².